The Morgan fingerprint density at radius 1 is 1.47 bits per heavy atom. The first-order chi connectivity index (χ1) is 8.11. The van der Waals surface area contributed by atoms with E-state index in [1.54, 1.807) is 17.7 Å². The molecule has 2 rings (SSSR count). The van der Waals surface area contributed by atoms with Crippen molar-refractivity contribution in [2.24, 2.45) is 5.73 Å². The molecule has 90 valence electrons. The average Bonchev–Trinajstić information content (AvgIpc) is 2.64. The van der Waals surface area contributed by atoms with Gasteiger partial charge in [0.15, 0.2) is 0 Å². The topological polar surface area (TPSA) is 56.7 Å². The first kappa shape index (κ1) is 12.0. The zero-order chi connectivity index (χ0) is 12.4. The van der Waals surface area contributed by atoms with Crippen molar-refractivity contribution >= 4 is 11.6 Å². The maximum absolute atomic E-state index is 13.1. The van der Waals surface area contributed by atoms with Crippen molar-refractivity contribution in [2.75, 3.05) is 6.54 Å². The van der Waals surface area contributed by atoms with Crippen LogP contribution in [0.2, 0.25) is 5.02 Å². The first-order valence-corrected chi connectivity index (χ1v) is 5.57. The smallest absolute Gasteiger partial charge is 0.148 e. The summed E-state index contributed by atoms with van der Waals surface area (Å²) in [4.78, 5) is 4.26. The van der Waals surface area contributed by atoms with Crippen LogP contribution in [0, 0.1) is 12.7 Å². The molecule has 0 aliphatic rings. The van der Waals surface area contributed by atoms with Crippen molar-refractivity contribution in [3.05, 3.63) is 40.7 Å². The second-order valence-corrected chi connectivity index (χ2v) is 4.03. The monoisotopic (exact) mass is 254 g/mol. The summed E-state index contributed by atoms with van der Waals surface area (Å²) in [5.41, 5.74) is 6.18. The molecule has 1 heterocycles. The van der Waals surface area contributed by atoms with Crippen molar-refractivity contribution in [3.63, 3.8) is 0 Å². The molecule has 17 heavy (non-hydrogen) atoms. The Bertz CT molecular complexity index is 538. The Balaban J connectivity index is 2.47. The van der Waals surface area contributed by atoms with Gasteiger partial charge in [0.05, 0.1) is 10.7 Å². The third-order valence-electron chi connectivity index (χ3n) is 2.30. The van der Waals surface area contributed by atoms with E-state index in [9.17, 15) is 4.39 Å². The van der Waals surface area contributed by atoms with Crippen LogP contribution in [0.4, 0.5) is 4.39 Å². The van der Waals surface area contributed by atoms with Crippen LogP contribution in [-0.2, 0) is 6.42 Å². The number of halogens is 2. The number of nitrogens with zero attached hydrogens (tertiary/aromatic N) is 3. The lowest BCUT2D eigenvalue weighted by Crippen LogP contribution is -2.09. The van der Waals surface area contributed by atoms with Crippen molar-refractivity contribution in [2.45, 2.75) is 13.3 Å². The zero-order valence-corrected chi connectivity index (χ0v) is 10.1. The van der Waals surface area contributed by atoms with Crippen LogP contribution >= 0.6 is 11.6 Å². The summed E-state index contributed by atoms with van der Waals surface area (Å²) >= 11 is 5.74. The Morgan fingerprint density at radius 2 is 2.24 bits per heavy atom. The van der Waals surface area contributed by atoms with Crippen molar-refractivity contribution < 1.29 is 4.39 Å². The Hall–Kier alpha value is -1.46. The highest BCUT2D eigenvalue weighted by Gasteiger charge is 2.10. The second kappa shape index (κ2) is 4.81. The SMILES string of the molecule is Cc1nc(CCN)n(-c2ccc(F)c(Cl)c2)n1. The third-order valence-corrected chi connectivity index (χ3v) is 2.59. The highest BCUT2D eigenvalue weighted by atomic mass is 35.5. The molecule has 0 saturated heterocycles. The lowest BCUT2D eigenvalue weighted by atomic mass is 10.3. The number of aryl methyl sites for hydroxylation is 1. The number of aromatic nitrogens is 3. The fourth-order valence-electron chi connectivity index (χ4n) is 1.57. The van der Waals surface area contributed by atoms with Crippen LogP contribution in [0.15, 0.2) is 18.2 Å². The highest BCUT2D eigenvalue weighted by molar-refractivity contribution is 6.30. The van der Waals surface area contributed by atoms with Crippen molar-refractivity contribution in [3.8, 4) is 5.69 Å². The van der Waals surface area contributed by atoms with Crippen molar-refractivity contribution in [1.82, 2.24) is 14.8 Å². The lowest BCUT2D eigenvalue weighted by Gasteiger charge is -2.05. The third kappa shape index (κ3) is 2.45. The van der Waals surface area contributed by atoms with E-state index < -0.39 is 5.82 Å². The Kier molecular flexibility index (Phi) is 3.40. The van der Waals surface area contributed by atoms with E-state index in [4.69, 9.17) is 17.3 Å². The van der Waals surface area contributed by atoms with Crippen LogP contribution in [0.5, 0.6) is 0 Å². The highest BCUT2D eigenvalue weighted by Crippen LogP contribution is 2.19. The van der Waals surface area contributed by atoms with Crippen LogP contribution < -0.4 is 5.73 Å². The van der Waals surface area contributed by atoms with E-state index in [2.05, 4.69) is 10.1 Å². The summed E-state index contributed by atoms with van der Waals surface area (Å²) in [5.74, 6) is 0.939. The molecule has 0 atom stereocenters. The van der Waals surface area contributed by atoms with E-state index >= 15 is 0 Å². The standard InChI is InChI=1S/C11H12ClFN4/c1-7-15-11(4-5-14)17(16-7)8-2-3-10(13)9(12)6-8/h2-3,6H,4-5,14H2,1H3. The van der Waals surface area contributed by atoms with Crippen LogP contribution in [0.1, 0.15) is 11.6 Å². The van der Waals surface area contributed by atoms with Gasteiger partial charge in [0.2, 0.25) is 0 Å². The van der Waals surface area contributed by atoms with Gasteiger partial charge in [0, 0.05) is 6.42 Å². The Morgan fingerprint density at radius 3 is 2.88 bits per heavy atom. The van der Waals surface area contributed by atoms with Gasteiger partial charge in [0.1, 0.15) is 17.5 Å². The van der Waals surface area contributed by atoms with Gasteiger partial charge in [-0.1, -0.05) is 11.6 Å². The van der Waals surface area contributed by atoms with Gasteiger partial charge in [-0.15, -0.1) is 0 Å². The minimum Gasteiger partial charge on any atom is -0.330 e. The van der Waals surface area contributed by atoms with Crippen molar-refractivity contribution in [1.29, 1.82) is 0 Å². The largest absolute Gasteiger partial charge is 0.330 e. The number of nitrogens with two attached hydrogens (primary N) is 1. The summed E-state index contributed by atoms with van der Waals surface area (Å²) in [6.07, 6.45) is 0.607. The summed E-state index contributed by atoms with van der Waals surface area (Å²) in [7, 11) is 0. The van der Waals surface area contributed by atoms with Crippen LogP contribution in [-0.4, -0.2) is 21.3 Å². The molecular weight excluding hydrogens is 243 g/mol. The molecule has 2 N–H and O–H groups in total. The molecule has 0 aliphatic heterocycles. The Labute approximate surface area is 103 Å². The lowest BCUT2D eigenvalue weighted by molar-refractivity contribution is 0.627. The number of hydrogen-bond acceptors (Lipinski definition) is 3. The minimum absolute atomic E-state index is 0.0642. The molecule has 0 bridgehead atoms. The maximum Gasteiger partial charge on any atom is 0.148 e. The quantitative estimate of drug-likeness (QED) is 0.910. The molecule has 0 spiro atoms. The van der Waals surface area contributed by atoms with Gasteiger partial charge in [-0.3, -0.25) is 0 Å². The maximum atomic E-state index is 13.1. The minimum atomic E-state index is -0.451. The number of rotatable bonds is 3. The first-order valence-electron chi connectivity index (χ1n) is 5.20. The van der Waals surface area contributed by atoms with Gasteiger partial charge < -0.3 is 5.73 Å². The summed E-state index contributed by atoms with van der Waals surface area (Å²) in [6.45, 7) is 2.27. The summed E-state index contributed by atoms with van der Waals surface area (Å²) in [5, 5.41) is 4.30. The normalized spacial score (nSPS) is 10.8. The fourth-order valence-corrected chi connectivity index (χ4v) is 1.75. The molecule has 1 aromatic carbocycles. The molecule has 6 heteroatoms. The predicted octanol–water partition coefficient (Wildman–Crippen LogP) is 1.87. The summed E-state index contributed by atoms with van der Waals surface area (Å²) in [6, 6.07) is 4.43. The van der Waals surface area contributed by atoms with Gasteiger partial charge in [0.25, 0.3) is 0 Å². The molecule has 4 nitrogen and oxygen atoms in total. The molecule has 0 saturated carbocycles. The zero-order valence-electron chi connectivity index (χ0n) is 9.32. The molecule has 1 aromatic heterocycles. The van der Waals surface area contributed by atoms with E-state index in [0.717, 1.165) is 5.82 Å². The van der Waals surface area contributed by atoms with Crippen LogP contribution in [0.25, 0.3) is 5.69 Å². The molecular formula is C11H12ClFN4. The van der Waals surface area contributed by atoms with Crippen LogP contribution in [0.3, 0.4) is 0 Å². The van der Waals surface area contributed by atoms with E-state index in [1.807, 2.05) is 0 Å². The average molecular weight is 255 g/mol. The predicted molar refractivity (Wildman–Crippen MR) is 63.8 cm³/mol. The summed E-state index contributed by atoms with van der Waals surface area (Å²) < 4.78 is 14.7. The van der Waals surface area contributed by atoms with Gasteiger partial charge >= 0.3 is 0 Å². The van der Waals surface area contributed by atoms with E-state index in [-0.39, 0.29) is 5.02 Å². The van der Waals surface area contributed by atoms with Gasteiger partial charge in [-0.05, 0) is 31.7 Å². The van der Waals surface area contributed by atoms with E-state index in [1.165, 1.54) is 12.1 Å². The molecule has 0 unspecified atom stereocenters. The molecule has 2 aromatic rings. The van der Waals surface area contributed by atoms with E-state index in [0.29, 0.717) is 24.5 Å². The molecule has 0 fully saturated rings. The molecule has 0 amide bonds. The molecule has 0 radical (unpaired) electrons. The number of hydrogen-bond donors (Lipinski definition) is 1. The van der Waals surface area contributed by atoms with Gasteiger partial charge in [-0.2, -0.15) is 5.10 Å². The second-order valence-electron chi connectivity index (χ2n) is 3.62. The number of benzene rings is 1. The fraction of sp³-hybridized carbons (Fsp3) is 0.273. The van der Waals surface area contributed by atoms with Gasteiger partial charge in [-0.25, -0.2) is 14.1 Å². The molecule has 0 aliphatic carbocycles.